The largest absolute Gasteiger partial charge is 0.480 e. The molecule has 2 rings (SSSR count). The number of fused-ring (bicyclic) bond motifs is 1. The Bertz CT molecular complexity index is 711. The van der Waals surface area contributed by atoms with Crippen molar-refractivity contribution in [2.45, 2.75) is 19.4 Å². The fourth-order valence-corrected chi connectivity index (χ4v) is 1.87. The molecular weight excluding hydrogens is 333 g/mol. The molecule has 2 N–H and O–H groups in total. The SMILES string of the molecule is CC(C)(NC(=O)c1nc2ccc(Br)cn2c1F)C(=O)O. The van der Waals surface area contributed by atoms with Crippen LogP contribution in [-0.4, -0.2) is 31.9 Å². The molecule has 0 spiro atoms. The molecule has 8 heteroatoms. The van der Waals surface area contributed by atoms with Crippen LogP contribution in [0.15, 0.2) is 22.8 Å². The van der Waals surface area contributed by atoms with E-state index in [1.54, 1.807) is 6.07 Å². The second-order valence-corrected chi connectivity index (χ2v) is 5.63. The number of rotatable bonds is 3. The highest BCUT2D eigenvalue weighted by Gasteiger charge is 2.31. The van der Waals surface area contributed by atoms with Crippen LogP contribution in [0.1, 0.15) is 24.3 Å². The van der Waals surface area contributed by atoms with Crippen LogP contribution in [-0.2, 0) is 4.79 Å². The van der Waals surface area contributed by atoms with Crippen molar-refractivity contribution in [2.24, 2.45) is 0 Å². The molecule has 2 aromatic rings. The van der Waals surface area contributed by atoms with E-state index < -0.39 is 29.1 Å². The number of pyridine rings is 1. The van der Waals surface area contributed by atoms with Crippen molar-refractivity contribution in [3.05, 3.63) is 34.4 Å². The number of halogens is 2. The number of carbonyl (C=O) groups excluding carboxylic acids is 1. The van der Waals surface area contributed by atoms with E-state index in [0.717, 1.165) is 4.40 Å². The highest BCUT2D eigenvalue weighted by molar-refractivity contribution is 9.10. The number of aromatic nitrogens is 2. The number of imidazole rings is 1. The average Bonchev–Trinajstić information content (AvgIpc) is 2.66. The van der Waals surface area contributed by atoms with Gasteiger partial charge in [-0.3, -0.25) is 9.20 Å². The molecule has 0 fully saturated rings. The number of carboxylic acids is 1. The Morgan fingerprint density at radius 3 is 2.70 bits per heavy atom. The summed E-state index contributed by atoms with van der Waals surface area (Å²) < 4.78 is 15.8. The van der Waals surface area contributed by atoms with Crippen molar-refractivity contribution in [3.8, 4) is 0 Å². The molecule has 0 aliphatic heterocycles. The average molecular weight is 344 g/mol. The van der Waals surface area contributed by atoms with Gasteiger partial charge in [-0.25, -0.2) is 9.78 Å². The molecule has 0 saturated heterocycles. The van der Waals surface area contributed by atoms with Crippen molar-refractivity contribution in [1.29, 1.82) is 0 Å². The van der Waals surface area contributed by atoms with E-state index in [1.165, 1.54) is 26.1 Å². The van der Waals surface area contributed by atoms with Crippen molar-refractivity contribution < 1.29 is 19.1 Å². The van der Waals surface area contributed by atoms with Crippen LogP contribution in [0.25, 0.3) is 5.65 Å². The lowest BCUT2D eigenvalue weighted by Crippen LogP contribution is -2.49. The summed E-state index contributed by atoms with van der Waals surface area (Å²) in [6.07, 6.45) is 1.43. The van der Waals surface area contributed by atoms with E-state index in [9.17, 15) is 14.0 Å². The number of nitrogens with zero attached hydrogens (tertiary/aromatic N) is 2. The third-order valence-corrected chi connectivity index (χ3v) is 3.17. The zero-order valence-electron chi connectivity index (χ0n) is 10.6. The zero-order valence-corrected chi connectivity index (χ0v) is 12.2. The summed E-state index contributed by atoms with van der Waals surface area (Å²) >= 11 is 3.19. The summed E-state index contributed by atoms with van der Waals surface area (Å²) in [6, 6.07) is 3.19. The van der Waals surface area contributed by atoms with Crippen molar-refractivity contribution in [2.75, 3.05) is 0 Å². The minimum absolute atomic E-state index is 0.254. The maximum Gasteiger partial charge on any atom is 0.328 e. The van der Waals surface area contributed by atoms with E-state index in [1.807, 2.05) is 0 Å². The maximum atomic E-state index is 14.1. The second-order valence-electron chi connectivity index (χ2n) is 4.71. The monoisotopic (exact) mass is 343 g/mol. The summed E-state index contributed by atoms with van der Waals surface area (Å²) in [5, 5.41) is 11.2. The molecule has 2 heterocycles. The van der Waals surface area contributed by atoms with Crippen LogP contribution in [0, 0.1) is 5.95 Å². The number of hydrogen-bond donors (Lipinski definition) is 2. The highest BCUT2D eigenvalue weighted by Crippen LogP contribution is 2.16. The van der Waals surface area contributed by atoms with E-state index in [2.05, 4.69) is 26.2 Å². The number of carboxylic acid groups (broad SMARTS) is 1. The zero-order chi connectivity index (χ0) is 15.1. The van der Waals surface area contributed by atoms with E-state index >= 15 is 0 Å². The first kappa shape index (κ1) is 14.4. The van der Waals surface area contributed by atoms with Gasteiger partial charge in [-0.1, -0.05) is 0 Å². The lowest BCUT2D eigenvalue weighted by atomic mass is 10.1. The van der Waals surface area contributed by atoms with Gasteiger partial charge in [-0.2, -0.15) is 4.39 Å². The summed E-state index contributed by atoms with van der Waals surface area (Å²) in [7, 11) is 0. The molecule has 20 heavy (non-hydrogen) atoms. The van der Waals surface area contributed by atoms with E-state index in [0.29, 0.717) is 4.47 Å². The minimum Gasteiger partial charge on any atom is -0.480 e. The fraction of sp³-hybridized carbons (Fsp3) is 0.250. The van der Waals surface area contributed by atoms with Gasteiger partial charge < -0.3 is 10.4 Å². The Morgan fingerprint density at radius 1 is 1.45 bits per heavy atom. The molecule has 0 saturated carbocycles. The molecule has 0 atom stereocenters. The fourth-order valence-electron chi connectivity index (χ4n) is 1.53. The lowest BCUT2D eigenvalue weighted by Gasteiger charge is -2.20. The quantitative estimate of drug-likeness (QED) is 0.890. The Morgan fingerprint density at radius 2 is 2.10 bits per heavy atom. The van der Waals surface area contributed by atoms with Crippen LogP contribution in [0.3, 0.4) is 0 Å². The van der Waals surface area contributed by atoms with Gasteiger partial charge in [-0.15, -0.1) is 0 Å². The topological polar surface area (TPSA) is 83.7 Å². The highest BCUT2D eigenvalue weighted by atomic mass is 79.9. The summed E-state index contributed by atoms with van der Waals surface area (Å²) in [5.41, 5.74) is -1.71. The Hall–Kier alpha value is -1.96. The Balaban J connectivity index is 2.41. The predicted molar refractivity (Wildman–Crippen MR) is 72.0 cm³/mol. The molecule has 6 nitrogen and oxygen atoms in total. The molecule has 0 radical (unpaired) electrons. The van der Waals surface area contributed by atoms with Crippen LogP contribution < -0.4 is 5.32 Å². The Kier molecular flexibility index (Phi) is 3.51. The van der Waals surface area contributed by atoms with Gasteiger partial charge in [0.2, 0.25) is 5.95 Å². The first-order chi connectivity index (χ1) is 9.22. The van der Waals surface area contributed by atoms with Crippen LogP contribution in [0.2, 0.25) is 0 Å². The van der Waals surface area contributed by atoms with E-state index in [4.69, 9.17) is 5.11 Å². The van der Waals surface area contributed by atoms with Crippen molar-refractivity contribution >= 4 is 33.5 Å². The normalized spacial score (nSPS) is 11.6. The van der Waals surface area contributed by atoms with Gasteiger partial charge >= 0.3 is 5.97 Å². The number of aliphatic carboxylic acids is 1. The molecule has 0 aromatic carbocycles. The molecule has 0 aliphatic rings. The van der Waals surface area contributed by atoms with E-state index in [-0.39, 0.29) is 5.65 Å². The summed E-state index contributed by atoms with van der Waals surface area (Å²) in [6.45, 7) is 2.61. The lowest BCUT2D eigenvalue weighted by molar-refractivity contribution is -0.143. The smallest absolute Gasteiger partial charge is 0.328 e. The van der Waals surface area contributed by atoms with Crippen LogP contribution in [0.4, 0.5) is 4.39 Å². The third kappa shape index (κ3) is 2.51. The summed E-state index contributed by atoms with van der Waals surface area (Å²) in [4.78, 5) is 26.7. The van der Waals surface area contributed by atoms with Gasteiger partial charge in [0.15, 0.2) is 5.69 Å². The molecule has 0 bridgehead atoms. The van der Waals surface area contributed by atoms with Gasteiger partial charge in [-0.05, 0) is 41.9 Å². The molecule has 1 amide bonds. The molecule has 0 unspecified atom stereocenters. The Labute approximate surface area is 121 Å². The first-order valence-electron chi connectivity index (χ1n) is 5.61. The summed E-state index contributed by atoms with van der Waals surface area (Å²) in [5.74, 6) is -2.95. The number of hydrogen-bond acceptors (Lipinski definition) is 3. The number of carbonyl (C=O) groups is 2. The van der Waals surface area contributed by atoms with Crippen LogP contribution in [0.5, 0.6) is 0 Å². The molecule has 0 aliphatic carbocycles. The van der Waals surface area contributed by atoms with Crippen molar-refractivity contribution in [1.82, 2.24) is 14.7 Å². The first-order valence-corrected chi connectivity index (χ1v) is 6.40. The standard InChI is InChI=1S/C12H11BrFN3O3/c1-12(2,11(19)20)16-10(18)8-9(14)17-5-6(13)3-4-7(17)15-8/h3-5H,1-2H3,(H,16,18)(H,19,20). The molecular formula is C12H11BrFN3O3. The molecule has 106 valence electrons. The van der Waals surface area contributed by atoms with Crippen molar-refractivity contribution in [3.63, 3.8) is 0 Å². The van der Waals surface area contributed by atoms with Gasteiger partial charge in [0, 0.05) is 10.7 Å². The maximum absolute atomic E-state index is 14.1. The third-order valence-electron chi connectivity index (χ3n) is 2.70. The van der Waals surface area contributed by atoms with Gasteiger partial charge in [0.1, 0.15) is 11.2 Å². The number of nitrogens with one attached hydrogen (secondary N) is 1. The second kappa shape index (κ2) is 4.86. The molecule has 2 aromatic heterocycles. The number of amides is 1. The van der Waals surface area contributed by atoms with Gasteiger partial charge in [0.25, 0.3) is 5.91 Å². The predicted octanol–water partition coefficient (Wildman–Crippen LogP) is 1.83. The minimum atomic E-state index is -1.51. The van der Waals surface area contributed by atoms with Crippen LogP contribution >= 0.6 is 15.9 Å². The van der Waals surface area contributed by atoms with Gasteiger partial charge in [0.05, 0.1) is 0 Å².